The lowest BCUT2D eigenvalue weighted by atomic mass is 9.98. The van der Waals surface area contributed by atoms with Gasteiger partial charge in [-0.3, -0.25) is 0 Å². The Bertz CT molecular complexity index is 1220. The summed E-state index contributed by atoms with van der Waals surface area (Å²) in [5.74, 6) is -1.29. The molecule has 3 aromatic carbocycles. The lowest BCUT2D eigenvalue weighted by Crippen LogP contribution is -2.43. The molecule has 4 rings (SSSR count). The van der Waals surface area contributed by atoms with Crippen LogP contribution in [0.4, 0.5) is 4.79 Å². The third-order valence-corrected chi connectivity index (χ3v) is 8.01. The van der Waals surface area contributed by atoms with Gasteiger partial charge in [-0.2, -0.15) is 0 Å². The highest BCUT2D eigenvalue weighted by Gasteiger charge is 2.30. The van der Waals surface area contributed by atoms with Gasteiger partial charge in [0.1, 0.15) is 12.6 Å². The van der Waals surface area contributed by atoms with E-state index in [4.69, 9.17) is 9.47 Å². The molecule has 0 bridgehead atoms. The summed E-state index contributed by atoms with van der Waals surface area (Å²) in [6.45, 7) is 0.0779. The average Bonchev–Trinajstić information content (AvgIpc) is 3.16. The zero-order valence-corrected chi connectivity index (χ0v) is 21.2. The second kappa shape index (κ2) is 10.1. The summed E-state index contributed by atoms with van der Waals surface area (Å²) < 4.78 is 11.4. The molecule has 0 aliphatic heterocycles. The van der Waals surface area contributed by atoms with Crippen molar-refractivity contribution in [3.63, 3.8) is 0 Å². The highest BCUT2D eigenvalue weighted by atomic mass is 79.9. The van der Waals surface area contributed by atoms with Crippen molar-refractivity contribution in [3.05, 3.63) is 80.2 Å². The van der Waals surface area contributed by atoms with Crippen LogP contribution in [0.3, 0.4) is 0 Å². The second-order valence-corrected chi connectivity index (χ2v) is 9.37. The zero-order valence-electron chi connectivity index (χ0n) is 18.0. The van der Waals surface area contributed by atoms with Crippen LogP contribution in [0, 0.1) is 0 Å². The fraction of sp³-hybridized carbons (Fsp3) is 0.200. The molecular weight excluding hydrogens is 570 g/mol. The van der Waals surface area contributed by atoms with Gasteiger partial charge in [-0.15, -0.1) is 0 Å². The molecule has 0 spiro atoms. The van der Waals surface area contributed by atoms with Crippen molar-refractivity contribution < 1.29 is 29.3 Å². The summed E-state index contributed by atoms with van der Waals surface area (Å²) in [4.78, 5) is 24.4. The fourth-order valence-electron chi connectivity index (χ4n) is 4.15. The number of aliphatic carboxylic acids is 1. The van der Waals surface area contributed by atoms with E-state index in [1.54, 1.807) is 0 Å². The van der Waals surface area contributed by atoms with Gasteiger partial charge in [0.2, 0.25) is 0 Å². The first-order valence-corrected chi connectivity index (χ1v) is 12.0. The summed E-state index contributed by atoms with van der Waals surface area (Å²) in [5.41, 5.74) is 4.86. The molecule has 0 heterocycles. The number of phenolic OH excluding ortho intramolecular Hbond substituents is 1. The normalized spacial score (nSPS) is 13.0. The molecular formula is C25H21Br2NO6. The van der Waals surface area contributed by atoms with Crippen LogP contribution < -0.4 is 10.1 Å². The van der Waals surface area contributed by atoms with Gasteiger partial charge in [0.05, 0.1) is 11.6 Å². The Balaban J connectivity index is 1.47. The van der Waals surface area contributed by atoms with E-state index >= 15 is 0 Å². The summed E-state index contributed by atoms with van der Waals surface area (Å²) in [6.07, 6.45) is -0.884. The van der Waals surface area contributed by atoms with Crippen LogP contribution in [0.25, 0.3) is 11.1 Å². The van der Waals surface area contributed by atoms with E-state index in [1.165, 1.54) is 13.2 Å². The molecule has 7 nitrogen and oxygen atoms in total. The lowest BCUT2D eigenvalue weighted by molar-refractivity contribution is -0.139. The molecule has 1 atom stereocenters. The number of hydrogen-bond acceptors (Lipinski definition) is 5. The van der Waals surface area contributed by atoms with Gasteiger partial charge in [0.25, 0.3) is 0 Å². The third kappa shape index (κ3) is 4.63. The minimum Gasteiger partial charge on any atom is -0.503 e. The van der Waals surface area contributed by atoms with E-state index in [0.717, 1.165) is 22.3 Å². The van der Waals surface area contributed by atoms with E-state index in [-0.39, 0.29) is 30.4 Å². The predicted octanol–water partition coefficient (Wildman–Crippen LogP) is 5.46. The minimum atomic E-state index is -1.26. The molecule has 0 saturated carbocycles. The number of carboxylic acid groups (broad SMARTS) is 1. The summed E-state index contributed by atoms with van der Waals surface area (Å²) in [6, 6.07) is 16.2. The highest BCUT2D eigenvalue weighted by molar-refractivity contribution is 9.13. The third-order valence-electron chi connectivity index (χ3n) is 5.80. The van der Waals surface area contributed by atoms with Crippen molar-refractivity contribution in [2.24, 2.45) is 0 Å². The maximum atomic E-state index is 12.6. The number of carboxylic acids is 1. The van der Waals surface area contributed by atoms with Gasteiger partial charge in [0, 0.05) is 16.8 Å². The average molecular weight is 591 g/mol. The lowest BCUT2D eigenvalue weighted by Gasteiger charge is -2.19. The number of alkyl carbamates (subject to hydrolysis) is 1. The first kappa shape index (κ1) is 24.1. The molecule has 9 heteroatoms. The van der Waals surface area contributed by atoms with Crippen LogP contribution in [-0.2, 0) is 16.0 Å². The van der Waals surface area contributed by atoms with E-state index in [1.807, 2.05) is 48.5 Å². The number of carbonyl (C=O) groups is 2. The van der Waals surface area contributed by atoms with Crippen molar-refractivity contribution in [2.75, 3.05) is 13.7 Å². The second-order valence-electron chi connectivity index (χ2n) is 7.78. The van der Waals surface area contributed by atoms with Crippen molar-refractivity contribution in [2.45, 2.75) is 18.4 Å². The van der Waals surface area contributed by atoms with Gasteiger partial charge in [-0.05, 0) is 65.7 Å². The van der Waals surface area contributed by atoms with E-state index in [0.29, 0.717) is 14.5 Å². The van der Waals surface area contributed by atoms with Gasteiger partial charge >= 0.3 is 12.1 Å². The number of methoxy groups -OCH3 is 1. The fourth-order valence-corrected chi connectivity index (χ4v) is 5.06. The Morgan fingerprint density at radius 3 is 2.18 bits per heavy atom. The molecule has 176 valence electrons. The molecule has 0 saturated heterocycles. The molecule has 1 aliphatic carbocycles. The molecule has 34 heavy (non-hydrogen) atoms. The Morgan fingerprint density at radius 1 is 1.03 bits per heavy atom. The molecule has 0 aromatic heterocycles. The van der Waals surface area contributed by atoms with Crippen LogP contribution in [0.5, 0.6) is 11.5 Å². The minimum absolute atomic E-state index is 0.0602. The Labute approximate surface area is 213 Å². The predicted molar refractivity (Wildman–Crippen MR) is 133 cm³/mol. The number of hydrogen-bond donors (Lipinski definition) is 3. The summed E-state index contributed by atoms with van der Waals surface area (Å²) >= 11 is 6.60. The number of carbonyl (C=O) groups excluding carboxylic acids is 1. The van der Waals surface area contributed by atoms with E-state index in [2.05, 4.69) is 37.2 Å². The van der Waals surface area contributed by atoms with Crippen LogP contribution >= 0.6 is 31.9 Å². The summed E-state index contributed by atoms with van der Waals surface area (Å²) in [7, 11) is 1.39. The molecule has 3 aromatic rings. The maximum Gasteiger partial charge on any atom is 0.407 e. The van der Waals surface area contributed by atoms with Crippen molar-refractivity contribution in [1.82, 2.24) is 5.32 Å². The van der Waals surface area contributed by atoms with Crippen LogP contribution in [0.2, 0.25) is 0 Å². The first-order chi connectivity index (χ1) is 16.3. The first-order valence-electron chi connectivity index (χ1n) is 10.4. The van der Waals surface area contributed by atoms with Crippen LogP contribution in [0.1, 0.15) is 22.6 Å². The van der Waals surface area contributed by atoms with Crippen LogP contribution in [0.15, 0.2) is 63.5 Å². The monoisotopic (exact) mass is 589 g/mol. The number of amides is 1. The molecule has 1 amide bonds. The molecule has 1 aliphatic rings. The van der Waals surface area contributed by atoms with Crippen molar-refractivity contribution in [1.29, 1.82) is 0 Å². The molecule has 0 fully saturated rings. The Hall–Kier alpha value is -3.04. The van der Waals surface area contributed by atoms with Gasteiger partial charge in [-0.1, -0.05) is 48.5 Å². The van der Waals surface area contributed by atoms with E-state index < -0.39 is 18.1 Å². The number of rotatable bonds is 7. The smallest absolute Gasteiger partial charge is 0.407 e. The number of ether oxygens (including phenoxy) is 2. The van der Waals surface area contributed by atoms with Gasteiger partial charge in [0.15, 0.2) is 11.5 Å². The number of nitrogens with one attached hydrogen (secondary N) is 1. The standard InChI is InChI=1S/C25H21Br2NO6/c1-33-20-11-13(21(26)22(27)23(20)29)10-19(24(30)31)28-25(32)34-12-18-16-8-4-2-6-14(16)15-7-3-5-9-17(15)18/h2-9,11,18-19,29H,10,12H2,1H3,(H,28,32)(H,30,31). The number of benzene rings is 3. The number of fused-ring (bicyclic) bond motifs is 3. The zero-order chi connectivity index (χ0) is 24.4. The van der Waals surface area contributed by atoms with Gasteiger partial charge in [-0.25, -0.2) is 9.59 Å². The largest absolute Gasteiger partial charge is 0.503 e. The van der Waals surface area contributed by atoms with Crippen molar-refractivity contribution in [3.8, 4) is 22.6 Å². The SMILES string of the molecule is COc1cc(CC(NC(=O)OCC2c3ccccc3-c3ccccc32)C(=O)O)c(Br)c(Br)c1O. The van der Waals surface area contributed by atoms with Crippen LogP contribution in [-0.4, -0.2) is 42.0 Å². The molecule has 3 N–H and O–H groups in total. The Morgan fingerprint density at radius 2 is 1.62 bits per heavy atom. The van der Waals surface area contributed by atoms with Crippen molar-refractivity contribution >= 4 is 43.9 Å². The number of halogens is 2. The Kier molecular flexibility index (Phi) is 7.13. The van der Waals surface area contributed by atoms with Gasteiger partial charge < -0.3 is 25.0 Å². The molecule has 0 radical (unpaired) electrons. The summed E-state index contributed by atoms with van der Waals surface area (Å²) in [5, 5.41) is 22.2. The van der Waals surface area contributed by atoms with E-state index in [9.17, 15) is 19.8 Å². The quantitative estimate of drug-likeness (QED) is 0.337. The molecule has 1 unspecified atom stereocenters. The topological polar surface area (TPSA) is 105 Å². The maximum absolute atomic E-state index is 12.6. The number of aromatic hydroxyl groups is 1. The highest BCUT2D eigenvalue weighted by Crippen LogP contribution is 2.44. The number of phenols is 1.